The van der Waals surface area contributed by atoms with Crippen LogP contribution in [-0.4, -0.2) is 35.2 Å². The van der Waals surface area contributed by atoms with Crippen LogP contribution in [0.4, 0.5) is 0 Å². The highest BCUT2D eigenvalue weighted by Gasteiger charge is 2.19. The van der Waals surface area contributed by atoms with Gasteiger partial charge in [-0.25, -0.2) is 13.4 Å². The molecular weight excluding hydrogens is 1180 g/mol. The molecular formula is C85H107N3O5S. The van der Waals surface area contributed by atoms with Gasteiger partial charge >= 0.3 is 0 Å². The SMILES string of the molecule is CC.CC(C)(C)c1ccc(Oc2ccccc2)cc1.CC(C)(C)c1ccc(Oc2ccccc2)nc1.CC(C)(C)c1cccc(C(=O)Cc2ccccc2)c1.CC(C)(C)c1ccccc1.CC(C)(C)c1cnn(Cc2ccccc2)c1.CC(C)c1ccc(S(C)(=O)=O)cc1. The van der Waals surface area contributed by atoms with Crippen molar-refractivity contribution in [1.29, 1.82) is 0 Å². The van der Waals surface area contributed by atoms with Gasteiger partial charge in [-0.2, -0.15) is 5.10 Å². The van der Waals surface area contributed by atoms with Gasteiger partial charge in [0.1, 0.15) is 17.2 Å². The number of rotatable bonds is 11. The first-order chi connectivity index (χ1) is 44.1. The molecule has 0 fully saturated rings. The number of ether oxygens (including phenoxy) is 2. The number of nitrogens with zero attached hydrogens (tertiary/aromatic N) is 3. The zero-order valence-corrected chi connectivity index (χ0v) is 60.8. The molecule has 94 heavy (non-hydrogen) atoms. The Morgan fingerprint density at radius 1 is 0.426 bits per heavy atom. The van der Waals surface area contributed by atoms with Crippen LogP contribution >= 0.6 is 0 Å². The molecule has 0 saturated heterocycles. The Labute approximate surface area is 566 Å². The predicted octanol–water partition coefficient (Wildman–Crippen LogP) is 22.8. The highest BCUT2D eigenvalue weighted by atomic mass is 32.2. The van der Waals surface area contributed by atoms with Crippen molar-refractivity contribution in [3.05, 3.63) is 305 Å². The quantitative estimate of drug-likeness (QED) is 0.119. The summed E-state index contributed by atoms with van der Waals surface area (Å²) in [6, 6.07) is 77.6. The number of para-hydroxylation sites is 2. The summed E-state index contributed by atoms with van der Waals surface area (Å²) in [5.41, 5.74) is 11.6. The molecule has 2 heterocycles. The summed E-state index contributed by atoms with van der Waals surface area (Å²) in [6.07, 6.45) is 7.65. The lowest BCUT2D eigenvalue weighted by Gasteiger charge is -2.19. The first-order valence-corrected chi connectivity index (χ1v) is 34.7. The van der Waals surface area contributed by atoms with E-state index in [4.69, 9.17) is 9.47 Å². The summed E-state index contributed by atoms with van der Waals surface area (Å²) in [7, 11) is -3.05. The molecule has 0 radical (unpaired) electrons. The second kappa shape index (κ2) is 36.7. The summed E-state index contributed by atoms with van der Waals surface area (Å²) in [5, 5.41) is 4.39. The molecule has 10 rings (SSSR count). The molecule has 0 spiro atoms. The van der Waals surface area contributed by atoms with E-state index < -0.39 is 9.84 Å². The van der Waals surface area contributed by atoms with Gasteiger partial charge in [-0.3, -0.25) is 9.48 Å². The Kier molecular flexibility index (Phi) is 30.4. The molecule has 0 amide bonds. The molecule has 0 unspecified atom stereocenters. The molecule has 0 saturated carbocycles. The van der Waals surface area contributed by atoms with Crippen LogP contribution in [0.5, 0.6) is 23.1 Å². The van der Waals surface area contributed by atoms with Gasteiger partial charge in [0.05, 0.1) is 17.6 Å². The minimum atomic E-state index is -3.05. The van der Waals surface area contributed by atoms with E-state index in [1.807, 2.05) is 177 Å². The number of carbonyl (C=O) groups excluding carboxylic acids is 1. The highest BCUT2D eigenvalue weighted by molar-refractivity contribution is 7.90. The van der Waals surface area contributed by atoms with Gasteiger partial charge in [-0.15, -0.1) is 0 Å². The molecule has 10 aromatic rings. The maximum Gasteiger partial charge on any atom is 0.219 e. The Morgan fingerprint density at radius 2 is 0.830 bits per heavy atom. The fourth-order valence-corrected chi connectivity index (χ4v) is 9.46. The number of pyridine rings is 1. The Bertz CT molecular complexity index is 3740. The smallest absolute Gasteiger partial charge is 0.219 e. The normalized spacial score (nSPS) is 11.3. The van der Waals surface area contributed by atoms with Crippen LogP contribution in [0.15, 0.2) is 260 Å². The lowest BCUT2D eigenvalue weighted by molar-refractivity contribution is 0.0992. The van der Waals surface area contributed by atoms with Crippen molar-refractivity contribution in [2.45, 2.75) is 182 Å². The Morgan fingerprint density at radius 3 is 1.24 bits per heavy atom. The second-order valence-electron chi connectivity index (χ2n) is 28.4. The van der Waals surface area contributed by atoms with Gasteiger partial charge in [0.2, 0.25) is 5.88 Å². The van der Waals surface area contributed by atoms with Gasteiger partial charge in [-0.05, 0) is 132 Å². The standard InChI is InChI=1S/C18H20O.C16H18O.C15H17NO.C14H18N2.C10H14O2S.C10H14.C2H6/c1-18(2,3)16-11-7-10-15(13-16)17(19)12-14-8-5-4-6-9-14;1-16(2,3)13-9-11-15(12-10-13)17-14-7-5-4-6-8-14;1-15(2,3)12-9-10-14(16-11-12)17-13-7-5-4-6-8-13;1-14(2,3)13-9-15-16(11-13)10-12-7-5-4-6-8-12;1-8(2)9-4-6-10(7-5-9)13(3,11)12;1-10(2,3)9-7-5-4-6-8-9;1-2/h4-11,13H,12H2,1-3H3;4-12H,1-3H3;4-11H,1-3H3;4-9,11H,10H2,1-3H3;4-8H,1-3H3;4-8H,1-3H3;1-2H3. The number of benzene rings is 8. The minimum absolute atomic E-state index is 0.0725. The molecule has 0 aliphatic heterocycles. The molecule has 0 aliphatic rings. The molecule has 9 heteroatoms. The van der Waals surface area contributed by atoms with Crippen LogP contribution in [0, 0.1) is 0 Å². The number of carbonyl (C=O) groups is 1. The number of hydrogen-bond acceptors (Lipinski definition) is 7. The van der Waals surface area contributed by atoms with Crippen molar-refractivity contribution in [2.75, 3.05) is 6.26 Å². The fourth-order valence-electron chi connectivity index (χ4n) is 8.83. The molecule has 498 valence electrons. The molecule has 2 aromatic heterocycles. The van der Waals surface area contributed by atoms with Crippen molar-refractivity contribution in [2.24, 2.45) is 0 Å². The van der Waals surface area contributed by atoms with E-state index in [-0.39, 0.29) is 27.4 Å². The lowest BCUT2D eigenvalue weighted by Crippen LogP contribution is -2.12. The maximum atomic E-state index is 12.3. The largest absolute Gasteiger partial charge is 0.457 e. The van der Waals surface area contributed by atoms with Crippen molar-refractivity contribution in [3.8, 4) is 23.1 Å². The van der Waals surface area contributed by atoms with E-state index in [1.165, 1.54) is 39.6 Å². The summed E-state index contributed by atoms with van der Waals surface area (Å²) >= 11 is 0. The number of hydrogen-bond donors (Lipinski definition) is 0. The molecule has 0 N–H and O–H groups in total. The summed E-state index contributed by atoms with van der Waals surface area (Å²) < 4.78 is 35.6. The van der Waals surface area contributed by atoms with Gasteiger partial charge in [0, 0.05) is 36.7 Å². The van der Waals surface area contributed by atoms with Crippen molar-refractivity contribution >= 4 is 15.6 Å². The number of ketones is 1. The summed E-state index contributed by atoms with van der Waals surface area (Å²) in [4.78, 5) is 17.0. The first kappa shape index (κ1) is 77.8. The first-order valence-electron chi connectivity index (χ1n) is 32.8. The van der Waals surface area contributed by atoms with E-state index >= 15 is 0 Å². The Hall–Kier alpha value is -8.66. The molecule has 8 aromatic carbocycles. The van der Waals surface area contributed by atoms with Crippen molar-refractivity contribution in [3.63, 3.8) is 0 Å². The third-order valence-corrected chi connectivity index (χ3v) is 16.0. The maximum absolute atomic E-state index is 12.3. The van der Waals surface area contributed by atoms with Crippen LogP contribution in [-0.2, 0) is 49.9 Å². The number of aromatic nitrogens is 3. The number of Topliss-reactive ketones (excluding diaryl/α,β-unsaturated/α-hetero) is 1. The van der Waals surface area contributed by atoms with Crippen LogP contribution < -0.4 is 9.47 Å². The molecule has 0 bridgehead atoms. The minimum Gasteiger partial charge on any atom is -0.457 e. The highest BCUT2D eigenvalue weighted by Crippen LogP contribution is 2.29. The van der Waals surface area contributed by atoms with Gasteiger partial charge in [-0.1, -0.05) is 307 Å². The number of sulfone groups is 1. The van der Waals surface area contributed by atoms with Crippen LogP contribution in [0.25, 0.3) is 0 Å². The van der Waals surface area contributed by atoms with Crippen molar-refractivity contribution in [1.82, 2.24) is 14.8 Å². The van der Waals surface area contributed by atoms with Crippen LogP contribution in [0.2, 0.25) is 0 Å². The topological polar surface area (TPSA) is 100 Å². The van der Waals surface area contributed by atoms with E-state index in [1.54, 1.807) is 12.1 Å². The molecule has 0 aliphatic carbocycles. The van der Waals surface area contributed by atoms with Gasteiger partial charge in [0.25, 0.3) is 0 Å². The van der Waals surface area contributed by atoms with Crippen LogP contribution in [0.3, 0.4) is 0 Å². The molecule has 0 atom stereocenters. The van der Waals surface area contributed by atoms with E-state index in [9.17, 15) is 13.2 Å². The third-order valence-electron chi connectivity index (χ3n) is 14.8. The van der Waals surface area contributed by atoms with Gasteiger partial charge in [0.15, 0.2) is 15.6 Å². The second-order valence-corrected chi connectivity index (χ2v) is 30.4. The predicted molar refractivity (Wildman–Crippen MR) is 397 cm³/mol. The van der Waals surface area contributed by atoms with Crippen molar-refractivity contribution < 1.29 is 22.7 Å². The zero-order valence-electron chi connectivity index (χ0n) is 60.0. The third kappa shape index (κ3) is 28.7. The fraction of sp³-hybridized carbons (Fsp3) is 0.329. The van der Waals surface area contributed by atoms with E-state index in [0.29, 0.717) is 28.5 Å². The molecule has 8 nitrogen and oxygen atoms in total. The average Bonchev–Trinajstić information content (AvgIpc) is 1.16. The summed E-state index contributed by atoms with van der Waals surface area (Å²) in [5.74, 6) is 3.80. The lowest BCUT2D eigenvalue weighted by atomic mass is 9.85. The zero-order chi connectivity index (χ0) is 69.8. The van der Waals surface area contributed by atoms with Gasteiger partial charge < -0.3 is 9.47 Å². The monoisotopic (exact) mass is 1280 g/mol. The Balaban J connectivity index is 0.000000241. The van der Waals surface area contributed by atoms with Crippen LogP contribution in [0.1, 0.15) is 192 Å². The average molecular weight is 1280 g/mol. The van der Waals surface area contributed by atoms with E-state index in [2.05, 4.69) is 213 Å². The summed E-state index contributed by atoms with van der Waals surface area (Å²) in [6.45, 7) is 41.9. The van der Waals surface area contributed by atoms with E-state index in [0.717, 1.165) is 40.5 Å².